The van der Waals surface area contributed by atoms with Gasteiger partial charge in [-0.1, -0.05) is 32.4 Å². The first-order chi connectivity index (χ1) is 8.03. The van der Waals surface area contributed by atoms with Crippen LogP contribution in [0.3, 0.4) is 0 Å². The minimum Gasteiger partial charge on any atom is -0.398 e. The minimum absolute atomic E-state index is 0.134. The van der Waals surface area contributed by atoms with Crippen LogP contribution in [0.25, 0.3) is 0 Å². The number of sulfonamides is 1. The predicted molar refractivity (Wildman–Crippen MR) is 75.2 cm³/mol. The Labute approximate surface area is 114 Å². The normalized spacial score (nSPS) is 12.7. The topological polar surface area (TPSA) is 72.2 Å². The first-order valence-corrected chi connectivity index (χ1v) is 7.44. The Bertz CT molecular complexity index is 548. The lowest BCUT2D eigenvalue weighted by atomic mass is 9.98. The van der Waals surface area contributed by atoms with Crippen LogP contribution in [0.4, 0.5) is 5.69 Å². The van der Waals surface area contributed by atoms with E-state index in [-0.39, 0.29) is 10.3 Å². The van der Waals surface area contributed by atoms with Crippen LogP contribution in [0.2, 0.25) is 5.02 Å². The van der Waals surface area contributed by atoms with E-state index in [1.165, 1.54) is 6.07 Å². The van der Waals surface area contributed by atoms with Gasteiger partial charge < -0.3 is 5.73 Å². The third kappa shape index (κ3) is 3.86. The summed E-state index contributed by atoms with van der Waals surface area (Å²) in [5.41, 5.74) is 6.48. The number of halogens is 1. The maximum absolute atomic E-state index is 12.2. The predicted octanol–water partition coefficient (Wildman–Crippen LogP) is 2.56. The lowest BCUT2D eigenvalue weighted by Gasteiger charge is -2.19. The molecule has 18 heavy (non-hydrogen) atoms. The quantitative estimate of drug-likeness (QED) is 0.840. The zero-order chi connectivity index (χ0) is 14.1. The van der Waals surface area contributed by atoms with E-state index in [0.717, 1.165) is 0 Å². The Morgan fingerprint density at radius 2 is 1.89 bits per heavy atom. The van der Waals surface area contributed by atoms with Crippen LogP contribution in [0, 0.1) is 12.3 Å². The van der Waals surface area contributed by atoms with E-state index >= 15 is 0 Å². The molecule has 0 saturated carbocycles. The molecule has 1 aromatic rings. The van der Waals surface area contributed by atoms with E-state index in [2.05, 4.69) is 4.72 Å². The van der Waals surface area contributed by atoms with Gasteiger partial charge >= 0.3 is 0 Å². The molecule has 0 aliphatic heterocycles. The van der Waals surface area contributed by atoms with E-state index in [9.17, 15) is 8.42 Å². The van der Waals surface area contributed by atoms with Gasteiger partial charge in [0.1, 0.15) is 0 Å². The molecule has 0 aliphatic carbocycles. The summed E-state index contributed by atoms with van der Waals surface area (Å²) in [4.78, 5) is 0.136. The summed E-state index contributed by atoms with van der Waals surface area (Å²) < 4.78 is 26.9. The average Bonchev–Trinajstić information content (AvgIpc) is 2.19. The van der Waals surface area contributed by atoms with Gasteiger partial charge in [0.15, 0.2) is 0 Å². The van der Waals surface area contributed by atoms with Gasteiger partial charge in [0.05, 0.1) is 4.90 Å². The number of nitrogens with two attached hydrogens (primary N) is 1. The van der Waals surface area contributed by atoms with Crippen LogP contribution in [0.15, 0.2) is 17.0 Å². The van der Waals surface area contributed by atoms with E-state index in [1.54, 1.807) is 13.0 Å². The Hall–Kier alpha value is -0.780. The molecular weight excluding hydrogens is 272 g/mol. The molecule has 3 N–H and O–H groups in total. The molecule has 0 fully saturated rings. The minimum atomic E-state index is -3.58. The standard InChI is InChI=1S/C12H19ClN2O2S/c1-8-10(14)5-9(13)6-11(8)18(16,17)15-7-12(2,3)4/h5-6,15H,7,14H2,1-4H3. The molecule has 1 rings (SSSR count). The van der Waals surface area contributed by atoms with Crippen molar-refractivity contribution in [2.45, 2.75) is 32.6 Å². The van der Waals surface area contributed by atoms with E-state index in [0.29, 0.717) is 22.8 Å². The van der Waals surface area contributed by atoms with Gasteiger partial charge in [-0.15, -0.1) is 0 Å². The molecule has 0 unspecified atom stereocenters. The third-order valence-corrected chi connectivity index (χ3v) is 4.19. The summed E-state index contributed by atoms with van der Waals surface area (Å²) in [5, 5.41) is 0.314. The van der Waals surface area contributed by atoms with Crippen LogP contribution in [0.5, 0.6) is 0 Å². The van der Waals surface area contributed by atoms with Gasteiger partial charge in [0.2, 0.25) is 10.0 Å². The fourth-order valence-electron chi connectivity index (χ4n) is 1.34. The Balaban J connectivity index is 3.13. The number of benzene rings is 1. The maximum atomic E-state index is 12.2. The zero-order valence-corrected chi connectivity index (χ0v) is 12.6. The molecule has 0 heterocycles. The Morgan fingerprint density at radius 1 is 1.33 bits per heavy atom. The van der Waals surface area contributed by atoms with Gasteiger partial charge in [-0.05, 0) is 30.0 Å². The molecule has 0 aliphatic rings. The van der Waals surface area contributed by atoms with Gasteiger partial charge in [0.25, 0.3) is 0 Å². The first-order valence-electron chi connectivity index (χ1n) is 5.58. The number of nitrogens with one attached hydrogen (secondary N) is 1. The number of nitrogen functional groups attached to an aromatic ring is 1. The highest BCUT2D eigenvalue weighted by atomic mass is 35.5. The van der Waals surface area contributed by atoms with Crippen molar-refractivity contribution in [3.05, 3.63) is 22.7 Å². The molecule has 4 nitrogen and oxygen atoms in total. The molecule has 0 radical (unpaired) electrons. The van der Waals surface area contributed by atoms with Gasteiger partial charge in [-0.25, -0.2) is 13.1 Å². The number of hydrogen-bond acceptors (Lipinski definition) is 3. The van der Waals surface area contributed by atoms with Crippen molar-refractivity contribution in [2.75, 3.05) is 12.3 Å². The second-order valence-corrected chi connectivity index (χ2v) is 7.68. The summed E-state index contributed by atoms with van der Waals surface area (Å²) in [5.74, 6) is 0. The Kier molecular flexibility index (Phi) is 4.30. The lowest BCUT2D eigenvalue weighted by Crippen LogP contribution is -2.32. The maximum Gasteiger partial charge on any atom is 0.240 e. The summed E-state index contributed by atoms with van der Waals surface area (Å²) in [6.45, 7) is 7.87. The molecular formula is C12H19ClN2O2S. The number of anilines is 1. The summed E-state index contributed by atoms with van der Waals surface area (Å²) in [6.07, 6.45) is 0. The molecule has 1 aromatic carbocycles. The molecule has 0 aromatic heterocycles. The molecule has 0 amide bonds. The molecule has 102 valence electrons. The highest BCUT2D eigenvalue weighted by molar-refractivity contribution is 7.89. The molecule has 0 saturated heterocycles. The smallest absolute Gasteiger partial charge is 0.240 e. The number of rotatable bonds is 3. The van der Waals surface area contributed by atoms with Crippen LogP contribution < -0.4 is 10.5 Å². The van der Waals surface area contributed by atoms with E-state index in [1.807, 2.05) is 20.8 Å². The Morgan fingerprint density at radius 3 is 2.39 bits per heavy atom. The number of hydrogen-bond donors (Lipinski definition) is 2. The summed E-state index contributed by atoms with van der Waals surface area (Å²) in [6, 6.07) is 2.96. The monoisotopic (exact) mass is 290 g/mol. The largest absolute Gasteiger partial charge is 0.398 e. The molecule has 0 atom stereocenters. The fraction of sp³-hybridized carbons (Fsp3) is 0.500. The van der Waals surface area contributed by atoms with Crippen molar-refractivity contribution < 1.29 is 8.42 Å². The van der Waals surface area contributed by atoms with Gasteiger partial charge in [0, 0.05) is 17.3 Å². The third-order valence-electron chi connectivity index (χ3n) is 2.45. The average molecular weight is 291 g/mol. The second kappa shape index (κ2) is 5.07. The van der Waals surface area contributed by atoms with Crippen LogP contribution >= 0.6 is 11.6 Å². The van der Waals surface area contributed by atoms with E-state index < -0.39 is 10.0 Å². The lowest BCUT2D eigenvalue weighted by molar-refractivity contribution is 0.407. The van der Waals surface area contributed by atoms with E-state index in [4.69, 9.17) is 17.3 Å². The van der Waals surface area contributed by atoms with Crippen molar-refractivity contribution in [1.82, 2.24) is 4.72 Å². The fourth-order valence-corrected chi connectivity index (χ4v) is 3.22. The SMILES string of the molecule is Cc1c(N)cc(Cl)cc1S(=O)(=O)NCC(C)(C)C. The molecule has 0 spiro atoms. The molecule has 0 bridgehead atoms. The summed E-state index contributed by atoms with van der Waals surface area (Å²) in [7, 11) is -3.58. The van der Waals surface area contributed by atoms with Crippen LogP contribution in [-0.2, 0) is 10.0 Å². The highest BCUT2D eigenvalue weighted by Gasteiger charge is 2.21. The van der Waals surface area contributed by atoms with Crippen LogP contribution in [0.1, 0.15) is 26.3 Å². The zero-order valence-electron chi connectivity index (χ0n) is 11.0. The van der Waals surface area contributed by atoms with Crippen molar-refractivity contribution in [1.29, 1.82) is 0 Å². The van der Waals surface area contributed by atoms with Crippen molar-refractivity contribution in [3.63, 3.8) is 0 Å². The van der Waals surface area contributed by atoms with Crippen molar-refractivity contribution in [3.8, 4) is 0 Å². The first kappa shape index (κ1) is 15.3. The van der Waals surface area contributed by atoms with Crippen molar-refractivity contribution >= 4 is 27.3 Å². The highest BCUT2D eigenvalue weighted by Crippen LogP contribution is 2.26. The summed E-state index contributed by atoms with van der Waals surface area (Å²) >= 11 is 5.85. The van der Waals surface area contributed by atoms with Gasteiger partial charge in [-0.2, -0.15) is 0 Å². The van der Waals surface area contributed by atoms with Crippen LogP contribution in [-0.4, -0.2) is 15.0 Å². The molecule has 6 heteroatoms. The van der Waals surface area contributed by atoms with Crippen molar-refractivity contribution in [2.24, 2.45) is 5.41 Å². The second-order valence-electron chi connectivity index (χ2n) is 5.50. The van der Waals surface area contributed by atoms with Gasteiger partial charge in [-0.3, -0.25) is 0 Å².